The van der Waals surface area contributed by atoms with Crippen LogP contribution in [0.1, 0.15) is 0 Å². The van der Waals surface area contributed by atoms with Gasteiger partial charge < -0.3 is 18.5 Å². The van der Waals surface area contributed by atoms with Crippen molar-refractivity contribution in [3.8, 4) is 0 Å². The molecule has 0 saturated carbocycles. The van der Waals surface area contributed by atoms with Crippen LogP contribution in [0.15, 0.2) is 5.16 Å². The third-order valence-electron chi connectivity index (χ3n) is 2.55. The third kappa shape index (κ3) is 10.4. The van der Waals surface area contributed by atoms with Gasteiger partial charge in [-0.05, 0) is 18.1 Å². The zero-order valence-electron chi connectivity index (χ0n) is 14.6. The smallest absolute Gasteiger partial charge is 0.437 e. The van der Waals surface area contributed by atoms with Crippen LogP contribution in [0.4, 0.5) is 4.79 Å². The second-order valence-electron chi connectivity index (χ2n) is 4.44. The first-order valence-corrected chi connectivity index (χ1v) is 12.2. The maximum absolute atomic E-state index is 11.7. The van der Waals surface area contributed by atoms with Gasteiger partial charge in [-0.3, -0.25) is 14.9 Å². The summed E-state index contributed by atoms with van der Waals surface area (Å²) in [6.45, 7) is -2.05. The quantitative estimate of drug-likeness (QED) is 0.132. The van der Waals surface area contributed by atoms with Gasteiger partial charge >= 0.3 is 6.09 Å². The molecule has 146 valence electrons. The molecule has 0 fully saturated rings. The summed E-state index contributed by atoms with van der Waals surface area (Å²) in [6, 6.07) is 0. The number of oxime groups is 1. The first-order valence-electron chi connectivity index (χ1n) is 6.80. The van der Waals surface area contributed by atoms with Crippen LogP contribution in [0.25, 0.3) is 0 Å². The largest absolute Gasteiger partial charge is 0.597 e. The highest BCUT2D eigenvalue weighted by Crippen LogP contribution is 2.45. The lowest BCUT2D eigenvalue weighted by molar-refractivity contribution is -0.121. The van der Waals surface area contributed by atoms with Crippen molar-refractivity contribution in [1.29, 1.82) is 0 Å². The predicted octanol–water partition coefficient (Wildman–Crippen LogP) is 0.290. The minimum atomic E-state index is -2.35. The Morgan fingerprint density at radius 1 is 1.36 bits per heavy atom. The molecule has 25 heavy (non-hydrogen) atoms. The van der Waals surface area contributed by atoms with Gasteiger partial charge in [0, 0.05) is 34.5 Å². The molecule has 1 atom stereocenters. The molecule has 0 bridgehead atoms. The molecule has 0 aromatic heterocycles. The van der Waals surface area contributed by atoms with Crippen LogP contribution in [-0.4, -0.2) is 79.7 Å². The second-order valence-corrected chi connectivity index (χ2v) is 10.6. The van der Waals surface area contributed by atoms with E-state index in [9.17, 15) is 14.1 Å². The van der Waals surface area contributed by atoms with E-state index < -0.39 is 29.9 Å². The fraction of sp³-hybridized carbons (Fsp3) is 0.727. The maximum atomic E-state index is 11.7. The van der Waals surface area contributed by atoms with Crippen LogP contribution in [0.5, 0.6) is 0 Å². The first-order chi connectivity index (χ1) is 11.7. The van der Waals surface area contributed by atoms with Crippen LogP contribution in [-0.2, 0) is 41.8 Å². The highest BCUT2D eigenvalue weighted by atomic mass is 32.5. The molecule has 14 heteroatoms. The summed E-state index contributed by atoms with van der Waals surface area (Å²) in [6.07, 6.45) is 1.09. The average molecular weight is 435 g/mol. The molecule has 1 unspecified atom stereocenters. The SMILES string of the molecule is COP(=S)(CCN[S+]([O-])CNC(=O)ON=C(SC)C(=O)N(C)C)OC. The summed E-state index contributed by atoms with van der Waals surface area (Å²) in [5, 5.41) is 5.75. The molecular formula is C11H23N4O6PS3. The minimum Gasteiger partial charge on any atom is -0.597 e. The molecule has 0 saturated heterocycles. The lowest BCUT2D eigenvalue weighted by Crippen LogP contribution is -2.37. The topological polar surface area (TPSA) is 125 Å². The lowest BCUT2D eigenvalue weighted by Gasteiger charge is -2.18. The van der Waals surface area contributed by atoms with Gasteiger partial charge in [-0.1, -0.05) is 5.16 Å². The minimum absolute atomic E-state index is 0.0179. The van der Waals surface area contributed by atoms with Crippen molar-refractivity contribution in [2.45, 2.75) is 0 Å². The first kappa shape index (κ1) is 24.6. The van der Waals surface area contributed by atoms with E-state index in [1.54, 1.807) is 20.4 Å². The Kier molecular flexibility index (Phi) is 12.7. The van der Waals surface area contributed by atoms with E-state index in [0.717, 1.165) is 11.8 Å². The molecule has 0 aliphatic heterocycles. The van der Waals surface area contributed by atoms with Gasteiger partial charge in [-0.25, -0.2) is 4.79 Å². The molecule has 0 spiro atoms. The number of carbonyl (C=O) groups is 2. The van der Waals surface area contributed by atoms with E-state index in [2.05, 4.69) is 20.0 Å². The average Bonchev–Trinajstić information content (AvgIpc) is 2.59. The number of amides is 2. The second kappa shape index (κ2) is 12.9. The van der Waals surface area contributed by atoms with Crippen LogP contribution >= 0.6 is 18.3 Å². The number of carbonyl (C=O) groups excluding carboxylic acids is 2. The highest BCUT2D eigenvalue weighted by molar-refractivity contribution is 8.15. The number of hydrogen-bond acceptors (Lipinski definition) is 10. The van der Waals surface area contributed by atoms with Gasteiger partial charge in [0.25, 0.3) is 5.91 Å². The van der Waals surface area contributed by atoms with Gasteiger partial charge in [0.15, 0.2) is 6.49 Å². The Balaban J connectivity index is 4.20. The van der Waals surface area contributed by atoms with Crippen LogP contribution in [0.2, 0.25) is 0 Å². The molecule has 2 amide bonds. The number of rotatable bonds is 9. The zero-order valence-corrected chi connectivity index (χ0v) is 18.0. The molecule has 2 N–H and O–H groups in total. The number of thioether (sulfide) groups is 1. The molecular weight excluding hydrogens is 411 g/mol. The zero-order chi connectivity index (χ0) is 19.5. The summed E-state index contributed by atoms with van der Waals surface area (Å²) >= 11 is 4.66. The van der Waals surface area contributed by atoms with Crippen LogP contribution < -0.4 is 10.0 Å². The van der Waals surface area contributed by atoms with Gasteiger partial charge in [-0.15, -0.1) is 16.5 Å². The Bertz CT molecular complexity index is 514. The molecule has 0 aliphatic carbocycles. The Morgan fingerprint density at radius 2 is 1.96 bits per heavy atom. The van der Waals surface area contributed by atoms with Crippen LogP contribution in [0.3, 0.4) is 0 Å². The van der Waals surface area contributed by atoms with Crippen LogP contribution in [0, 0.1) is 0 Å². The molecule has 0 radical (unpaired) electrons. The number of nitrogens with zero attached hydrogens (tertiary/aromatic N) is 2. The van der Waals surface area contributed by atoms with Gasteiger partial charge in [0.2, 0.25) is 10.9 Å². The normalized spacial score (nSPS) is 13.3. The Hall–Kier alpha value is -0.400. The van der Waals surface area contributed by atoms with E-state index in [-0.39, 0.29) is 10.9 Å². The molecule has 0 rings (SSSR count). The summed E-state index contributed by atoms with van der Waals surface area (Å²) in [7, 11) is 6.03. The van der Waals surface area contributed by atoms with Crippen molar-refractivity contribution in [1.82, 2.24) is 14.9 Å². The fourth-order valence-corrected chi connectivity index (χ4v) is 3.67. The maximum Gasteiger partial charge on any atom is 0.437 e. The number of nitrogens with one attached hydrogen (secondary N) is 2. The van der Waals surface area contributed by atoms with E-state index in [1.165, 1.54) is 19.1 Å². The standard InChI is InChI=1S/C11H23N4O6PS3/c1-15(2)10(16)9(24-5)14-21-11(17)12-8-25(18)13-6-7-22(23,19-3)20-4/h13H,6-8H2,1-5H3,(H,12,17). The molecule has 0 aromatic rings. The van der Waals surface area contributed by atoms with Crippen molar-refractivity contribution >= 4 is 58.5 Å². The van der Waals surface area contributed by atoms with Gasteiger partial charge in [0.1, 0.15) is 0 Å². The summed E-state index contributed by atoms with van der Waals surface area (Å²) in [4.78, 5) is 29.0. The van der Waals surface area contributed by atoms with E-state index in [1.807, 2.05) is 0 Å². The fourth-order valence-electron chi connectivity index (χ4n) is 1.20. The number of hydrogen-bond donors (Lipinski definition) is 2. The molecule has 0 heterocycles. The lowest BCUT2D eigenvalue weighted by atomic mass is 10.6. The summed E-state index contributed by atoms with van der Waals surface area (Å²) < 4.78 is 24.6. The summed E-state index contributed by atoms with van der Waals surface area (Å²) in [5.74, 6) is -0.592. The van der Waals surface area contributed by atoms with E-state index >= 15 is 0 Å². The Labute approximate surface area is 159 Å². The van der Waals surface area contributed by atoms with Crippen molar-refractivity contribution in [3.63, 3.8) is 0 Å². The van der Waals surface area contributed by atoms with Gasteiger partial charge in [-0.2, -0.15) is 0 Å². The van der Waals surface area contributed by atoms with Crippen molar-refractivity contribution in [2.75, 3.05) is 53.2 Å². The van der Waals surface area contributed by atoms with E-state index in [0.29, 0.717) is 12.7 Å². The van der Waals surface area contributed by atoms with Crippen molar-refractivity contribution in [2.24, 2.45) is 5.16 Å². The molecule has 10 nitrogen and oxygen atoms in total. The summed E-state index contributed by atoms with van der Waals surface area (Å²) in [5.41, 5.74) is 0. The monoisotopic (exact) mass is 434 g/mol. The Morgan fingerprint density at radius 3 is 2.44 bits per heavy atom. The third-order valence-corrected chi connectivity index (χ3v) is 7.44. The predicted molar refractivity (Wildman–Crippen MR) is 103 cm³/mol. The van der Waals surface area contributed by atoms with Crippen molar-refractivity contribution in [3.05, 3.63) is 0 Å². The van der Waals surface area contributed by atoms with Crippen molar-refractivity contribution < 1.29 is 28.0 Å². The highest BCUT2D eigenvalue weighted by Gasteiger charge is 2.18. The molecule has 0 aliphatic rings. The van der Waals surface area contributed by atoms with E-state index in [4.69, 9.17) is 20.9 Å². The molecule has 0 aromatic carbocycles. The van der Waals surface area contributed by atoms with Gasteiger partial charge in [0.05, 0.1) is 17.9 Å².